The third-order valence-corrected chi connectivity index (χ3v) is 3.63. The SMILES string of the molecule is COc1ccc2nc(NCOC(C)c3ccccc3)n[n+]([O-])c2c1. The van der Waals surface area contributed by atoms with Crippen LogP contribution in [0.4, 0.5) is 5.95 Å². The second-order valence-corrected chi connectivity index (χ2v) is 5.20. The Morgan fingerprint density at radius 2 is 2.00 bits per heavy atom. The van der Waals surface area contributed by atoms with Gasteiger partial charge in [-0.05, 0) is 29.5 Å². The Morgan fingerprint density at radius 1 is 1.21 bits per heavy atom. The number of anilines is 1. The number of ether oxygens (including phenoxy) is 2. The number of benzene rings is 2. The number of rotatable bonds is 6. The maximum atomic E-state index is 12.0. The van der Waals surface area contributed by atoms with Gasteiger partial charge in [-0.1, -0.05) is 30.3 Å². The fourth-order valence-electron chi connectivity index (χ4n) is 2.28. The van der Waals surface area contributed by atoms with E-state index in [1.54, 1.807) is 25.3 Å². The standard InChI is InChI=1S/C17H18N4O3/c1-12(13-6-4-3-5-7-13)24-11-18-17-19-15-9-8-14(23-2)10-16(15)21(22)20-17/h3-10,12H,11H2,1-2H3,(H,18,19,20). The molecule has 1 heterocycles. The summed E-state index contributed by atoms with van der Waals surface area (Å²) in [5.74, 6) is 0.791. The molecule has 7 nitrogen and oxygen atoms in total. The number of methoxy groups -OCH3 is 1. The number of nitrogens with one attached hydrogen (secondary N) is 1. The second-order valence-electron chi connectivity index (χ2n) is 5.20. The number of hydrogen-bond acceptors (Lipinski definition) is 6. The van der Waals surface area contributed by atoms with E-state index in [1.165, 1.54) is 0 Å². The van der Waals surface area contributed by atoms with Gasteiger partial charge in [-0.25, -0.2) is 4.98 Å². The molecule has 3 aromatic rings. The van der Waals surface area contributed by atoms with Crippen LogP contribution in [0.15, 0.2) is 48.5 Å². The predicted octanol–water partition coefficient (Wildman–Crippen LogP) is 2.42. The summed E-state index contributed by atoms with van der Waals surface area (Å²) >= 11 is 0. The van der Waals surface area contributed by atoms with Crippen LogP contribution in [0.1, 0.15) is 18.6 Å². The number of aromatic nitrogens is 3. The lowest BCUT2D eigenvalue weighted by Gasteiger charge is -2.13. The lowest BCUT2D eigenvalue weighted by atomic mass is 10.1. The molecule has 0 amide bonds. The second kappa shape index (κ2) is 7.10. The lowest BCUT2D eigenvalue weighted by molar-refractivity contribution is -0.641. The zero-order valence-electron chi connectivity index (χ0n) is 13.5. The van der Waals surface area contributed by atoms with Gasteiger partial charge in [0.05, 0.1) is 24.4 Å². The van der Waals surface area contributed by atoms with Crippen molar-refractivity contribution in [2.24, 2.45) is 0 Å². The molecule has 124 valence electrons. The van der Waals surface area contributed by atoms with Gasteiger partial charge in [-0.2, -0.15) is 0 Å². The van der Waals surface area contributed by atoms with Crippen LogP contribution in [0.25, 0.3) is 11.0 Å². The molecule has 0 aliphatic rings. The molecular weight excluding hydrogens is 308 g/mol. The molecule has 3 rings (SSSR count). The number of nitrogens with zero attached hydrogens (tertiary/aromatic N) is 3. The van der Waals surface area contributed by atoms with E-state index in [1.807, 2.05) is 37.3 Å². The Kier molecular flexibility index (Phi) is 4.72. The highest BCUT2D eigenvalue weighted by Gasteiger charge is 2.12. The fraction of sp³-hybridized carbons (Fsp3) is 0.235. The Labute approximate surface area is 139 Å². The minimum atomic E-state index is -0.0807. The van der Waals surface area contributed by atoms with Gasteiger partial charge < -0.3 is 20.0 Å². The van der Waals surface area contributed by atoms with Crippen LogP contribution < -0.4 is 14.9 Å². The van der Waals surface area contributed by atoms with Crippen LogP contribution in [0, 0.1) is 5.21 Å². The Hall–Kier alpha value is -2.93. The first kappa shape index (κ1) is 15.9. The van der Waals surface area contributed by atoms with Crippen molar-refractivity contribution in [2.75, 3.05) is 19.2 Å². The predicted molar refractivity (Wildman–Crippen MR) is 89.5 cm³/mol. The van der Waals surface area contributed by atoms with Crippen LogP contribution >= 0.6 is 0 Å². The molecule has 0 spiro atoms. The molecule has 0 aliphatic heterocycles. The third-order valence-electron chi connectivity index (χ3n) is 3.63. The molecule has 7 heteroatoms. The van der Waals surface area contributed by atoms with E-state index in [-0.39, 0.29) is 18.8 Å². The van der Waals surface area contributed by atoms with Crippen LogP contribution in [0.2, 0.25) is 0 Å². The summed E-state index contributed by atoms with van der Waals surface area (Å²) in [5.41, 5.74) is 1.95. The molecule has 24 heavy (non-hydrogen) atoms. The minimum absolute atomic E-state index is 0.0807. The van der Waals surface area contributed by atoms with Gasteiger partial charge in [0, 0.05) is 0 Å². The molecule has 2 aromatic carbocycles. The van der Waals surface area contributed by atoms with Gasteiger partial charge in [-0.15, -0.1) is 0 Å². The van der Waals surface area contributed by atoms with E-state index in [0.717, 1.165) is 5.56 Å². The first-order valence-electron chi connectivity index (χ1n) is 7.53. The molecule has 0 saturated carbocycles. The third kappa shape index (κ3) is 3.52. The van der Waals surface area contributed by atoms with Gasteiger partial charge in [0.15, 0.2) is 0 Å². The monoisotopic (exact) mass is 326 g/mol. The van der Waals surface area contributed by atoms with E-state index in [9.17, 15) is 5.21 Å². The van der Waals surface area contributed by atoms with Crippen LogP contribution in [0.3, 0.4) is 0 Å². The topological polar surface area (TPSA) is 83.2 Å². The van der Waals surface area contributed by atoms with Crippen LogP contribution in [-0.4, -0.2) is 23.9 Å². The zero-order chi connectivity index (χ0) is 16.9. The average Bonchev–Trinajstić information content (AvgIpc) is 2.62. The van der Waals surface area contributed by atoms with Crippen molar-refractivity contribution in [3.05, 3.63) is 59.3 Å². The molecular formula is C17H18N4O3. The molecule has 1 N–H and O–H groups in total. The highest BCUT2D eigenvalue weighted by atomic mass is 16.5. The number of fused-ring (bicyclic) bond motifs is 1. The maximum Gasteiger partial charge on any atom is 0.292 e. The molecule has 1 aromatic heterocycles. The normalized spacial score (nSPS) is 12.1. The Bertz CT molecular complexity index is 827. The maximum absolute atomic E-state index is 12.0. The van der Waals surface area contributed by atoms with Crippen molar-refractivity contribution in [1.29, 1.82) is 0 Å². The summed E-state index contributed by atoms with van der Waals surface area (Å²) in [6, 6.07) is 14.9. The van der Waals surface area contributed by atoms with E-state index in [2.05, 4.69) is 15.4 Å². The van der Waals surface area contributed by atoms with Gasteiger partial charge in [0.1, 0.15) is 18.0 Å². The summed E-state index contributed by atoms with van der Waals surface area (Å²) in [6.07, 6.45) is -0.0807. The van der Waals surface area contributed by atoms with Gasteiger partial charge >= 0.3 is 0 Å². The van der Waals surface area contributed by atoms with Crippen molar-refractivity contribution in [2.45, 2.75) is 13.0 Å². The first-order chi connectivity index (χ1) is 11.7. The molecule has 0 saturated heterocycles. The van der Waals surface area contributed by atoms with Crippen molar-refractivity contribution in [3.63, 3.8) is 0 Å². The molecule has 1 atom stereocenters. The number of hydrogen-bond donors (Lipinski definition) is 1. The molecule has 0 aliphatic carbocycles. The Morgan fingerprint density at radius 3 is 2.75 bits per heavy atom. The quantitative estimate of drug-likeness (QED) is 0.425. The summed E-state index contributed by atoms with van der Waals surface area (Å²) in [7, 11) is 1.54. The van der Waals surface area contributed by atoms with Gasteiger partial charge in [0.2, 0.25) is 0 Å². The Balaban J connectivity index is 1.67. The summed E-state index contributed by atoms with van der Waals surface area (Å²) in [6.45, 7) is 2.15. The minimum Gasteiger partial charge on any atom is -0.594 e. The fourth-order valence-corrected chi connectivity index (χ4v) is 2.28. The largest absolute Gasteiger partial charge is 0.594 e. The smallest absolute Gasteiger partial charge is 0.292 e. The highest BCUT2D eigenvalue weighted by molar-refractivity contribution is 5.73. The van der Waals surface area contributed by atoms with Crippen molar-refractivity contribution in [1.82, 2.24) is 10.1 Å². The summed E-state index contributed by atoms with van der Waals surface area (Å²) < 4.78 is 10.8. The lowest BCUT2D eigenvalue weighted by Crippen LogP contribution is -2.33. The molecule has 0 bridgehead atoms. The van der Waals surface area contributed by atoms with Crippen molar-refractivity contribution >= 4 is 17.0 Å². The summed E-state index contributed by atoms with van der Waals surface area (Å²) in [4.78, 5) is 4.82. The van der Waals surface area contributed by atoms with Crippen LogP contribution in [-0.2, 0) is 4.74 Å². The van der Waals surface area contributed by atoms with Crippen LogP contribution in [0.5, 0.6) is 5.75 Å². The molecule has 0 fully saturated rings. The average molecular weight is 326 g/mol. The van der Waals surface area contributed by atoms with E-state index in [4.69, 9.17) is 9.47 Å². The van der Waals surface area contributed by atoms with Crippen molar-refractivity contribution in [3.8, 4) is 5.75 Å². The first-order valence-corrected chi connectivity index (χ1v) is 7.53. The van der Waals surface area contributed by atoms with E-state index < -0.39 is 0 Å². The molecule has 1 unspecified atom stereocenters. The van der Waals surface area contributed by atoms with Crippen molar-refractivity contribution < 1.29 is 14.3 Å². The summed E-state index contributed by atoms with van der Waals surface area (Å²) in [5, 5.41) is 18.8. The molecule has 0 radical (unpaired) electrons. The van der Waals surface area contributed by atoms with E-state index >= 15 is 0 Å². The van der Waals surface area contributed by atoms with E-state index in [0.29, 0.717) is 21.6 Å². The van der Waals surface area contributed by atoms with Gasteiger partial charge in [-0.3, -0.25) is 0 Å². The zero-order valence-corrected chi connectivity index (χ0v) is 13.5. The highest BCUT2D eigenvalue weighted by Crippen LogP contribution is 2.18. The van der Waals surface area contributed by atoms with Gasteiger partial charge in [0.25, 0.3) is 11.5 Å².